The Labute approximate surface area is 106 Å². The number of rotatable bonds is 7. The Balaban J connectivity index is 2.19. The molecular weight excluding hydrogens is 236 g/mol. The third-order valence-corrected chi connectivity index (χ3v) is 2.08. The van der Waals surface area contributed by atoms with Crippen molar-refractivity contribution < 1.29 is 9.21 Å². The largest absolute Gasteiger partial charge is 0.407 e. The first-order chi connectivity index (χ1) is 8.63. The van der Waals surface area contributed by atoms with E-state index in [2.05, 4.69) is 26.1 Å². The zero-order valence-corrected chi connectivity index (χ0v) is 11.0. The van der Waals surface area contributed by atoms with Crippen molar-refractivity contribution in [3.05, 3.63) is 5.89 Å². The van der Waals surface area contributed by atoms with Gasteiger partial charge in [0.25, 0.3) is 0 Å². The minimum atomic E-state index is -0.129. The van der Waals surface area contributed by atoms with Gasteiger partial charge in [-0.2, -0.15) is 0 Å². The molecule has 1 aromatic rings. The van der Waals surface area contributed by atoms with E-state index >= 15 is 0 Å². The highest BCUT2D eigenvalue weighted by Crippen LogP contribution is 2.03. The third kappa shape index (κ3) is 5.00. The molecule has 0 unspecified atom stereocenters. The fourth-order valence-corrected chi connectivity index (χ4v) is 1.13. The Morgan fingerprint density at radius 1 is 1.33 bits per heavy atom. The lowest BCUT2D eigenvalue weighted by molar-refractivity contribution is 0.218. The van der Waals surface area contributed by atoms with Gasteiger partial charge in [-0.05, 0) is 6.54 Å². The number of nitrogens with zero attached hydrogens (tertiary/aromatic N) is 3. The van der Waals surface area contributed by atoms with Gasteiger partial charge < -0.3 is 25.3 Å². The normalized spacial score (nSPS) is 10.2. The summed E-state index contributed by atoms with van der Waals surface area (Å²) in [5.41, 5.74) is 0. The standard InChI is InChI=1S/C10H20N6O2/c1-4-11-7-8-14-15-9(18-8)12-5-6-13-10(17)16(2)3/h11H,4-7H2,1-3H3,(H,12,15)(H,13,17). The zero-order valence-electron chi connectivity index (χ0n) is 11.0. The van der Waals surface area contributed by atoms with Crippen molar-refractivity contribution in [3.8, 4) is 0 Å². The quantitative estimate of drug-likeness (QED) is 0.588. The maximum atomic E-state index is 11.2. The molecule has 0 aliphatic rings. The van der Waals surface area contributed by atoms with Crippen LogP contribution in [0.5, 0.6) is 0 Å². The minimum absolute atomic E-state index is 0.129. The summed E-state index contributed by atoms with van der Waals surface area (Å²) in [5.74, 6) is 0.539. The fourth-order valence-electron chi connectivity index (χ4n) is 1.13. The molecule has 1 aromatic heterocycles. The van der Waals surface area contributed by atoms with E-state index < -0.39 is 0 Å². The van der Waals surface area contributed by atoms with Crippen LogP contribution < -0.4 is 16.0 Å². The lowest BCUT2D eigenvalue weighted by atomic mass is 10.6. The summed E-state index contributed by atoms with van der Waals surface area (Å²) < 4.78 is 5.32. The summed E-state index contributed by atoms with van der Waals surface area (Å²) in [4.78, 5) is 12.7. The van der Waals surface area contributed by atoms with Crippen LogP contribution in [0.3, 0.4) is 0 Å². The van der Waals surface area contributed by atoms with E-state index in [1.165, 1.54) is 4.90 Å². The summed E-state index contributed by atoms with van der Waals surface area (Å²) in [6.45, 7) is 4.43. The summed E-state index contributed by atoms with van der Waals surface area (Å²) in [7, 11) is 3.38. The van der Waals surface area contributed by atoms with Gasteiger partial charge >= 0.3 is 12.0 Å². The number of hydrogen-bond donors (Lipinski definition) is 3. The molecule has 8 heteroatoms. The number of anilines is 1. The van der Waals surface area contributed by atoms with Gasteiger partial charge in [-0.25, -0.2) is 4.79 Å². The second-order valence-electron chi connectivity index (χ2n) is 3.83. The molecule has 0 fully saturated rings. The Kier molecular flexibility index (Phi) is 5.92. The van der Waals surface area contributed by atoms with E-state index in [-0.39, 0.29) is 6.03 Å². The number of amides is 2. The van der Waals surface area contributed by atoms with Gasteiger partial charge in [-0.3, -0.25) is 0 Å². The molecule has 0 aromatic carbocycles. The summed E-state index contributed by atoms with van der Waals surface area (Å²) >= 11 is 0. The molecule has 18 heavy (non-hydrogen) atoms. The summed E-state index contributed by atoms with van der Waals surface area (Å²) in [6, 6.07) is 0.233. The first kappa shape index (κ1) is 14.2. The van der Waals surface area contributed by atoms with E-state index in [0.717, 1.165) is 6.54 Å². The molecule has 0 aliphatic heterocycles. The van der Waals surface area contributed by atoms with E-state index in [4.69, 9.17) is 4.42 Å². The molecule has 0 aliphatic carbocycles. The molecule has 0 bridgehead atoms. The topological polar surface area (TPSA) is 95.3 Å². The molecule has 8 nitrogen and oxygen atoms in total. The Hall–Kier alpha value is -1.83. The lowest BCUT2D eigenvalue weighted by Crippen LogP contribution is -2.37. The molecule has 0 atom stereocenters. The van der Waals surface area contributed by atoms with Crippen LogP contribution in [-0.4, -0.2) is 54.9 Å². The van der Waals surface area contributed by atoms with Gasteiger partial charge in [0.1, 0.15) is 0 Å². The van der Waals surface area contributed by atoms with Gasteiger partial charge in [-0.15, -0.1) is 5.10 Å². The van der Waals surface area contributed by atoms with Gasteiger partial charge in [0.2, 0.25) is 5.89 Å². The molecule has 3 N–H and O–H groups in total. The van der Waals surface area contributed by atoms with Crippen molar-refractivity contribution in [2.75, 3.05) is 39.0 Å². The number of urea groups is 1. The third-order valence-electron chi connectivity index (χ3n) is 2.08. The number of carbonyl (C=O) groups excluding carboxylic acids is 1. The Morgan fingerprint density at radius 2 is 2.11 bits per heavy atom. The first-order valence-corrected chi connectivity index (χ1v) is 5.85. The van der Waals surface area contributed by atoms with Crippen molar-refractivity contribution in [2.45, 2.75) is 13.5 Å². The molecule has 2 amide bonds. The van der Waals surface area contributed by atoms with Crippen LogP contribution in [0.25, 0.3) is 0 Å². The van der Waals surface area contributed by atoms with Gasteiger partial charge in [0, 0.05) is 27.2 Å². The van der Waals surface area contributed by atoms with Crippen LogP contribution in [0.4, 0.5) is 10.8 Å². The van der Waals surface area contributed by atoms with Crippen LogP contribution in [0.1, 0.15) is 12.8 Å². The van der Waals surface area contributed by atoms with Gasteiger partial charge in [0.05, 0.1) is 6.54 Å². The smallest absolute Gasteiger partial charge is 0.316 e. The van der Waals surface area contributed by atoms with Crippen LogP contribution in [0.2, 0.25) is 0 Å². The van der Waals surface area contributed by atoms with Crippen LogP contribution in [-0.2, 0) is 6.54 Å². The second-order valence-corrected chi connectivity index (χ2v) is 3.83. The highest BCUT2D eigenvalue weighted by molar-refractivity contribution is 5.73. The number of carbonyl (C=O) groups is 1. The van der Waals surface area contributed by atoms with Crippen LogP contribution in [0, 0.1) is 0 Å². The molecule has 0 saturated heterocycles. The van der Waals surface area contributed by atoms with E-state index in [1.54, 1.807) is 14.1 Å². The monoisotopic (exact) mass is 256 g/mol. The minimum Gasteiger partial charge on any atom is -0.407 e. The number of aromatic nitrogens is 2. The van der Waals surface area contributed by atoms with Crippen molar-refractivity contribution in [2.24, 2.45) is 0 Å². The molecular formula is C10H20N6O2. The zero-order chi connectivity index (χ0) is 13.4. The van der Waals surface area contributed by atoms with E-state index in [1.807, 2.05) is 6.92 Å². The SMILES string of the molecule is CCNCc1nnc(NCCNC(=O)N(C)C)o1. The molecule has 102 valence electrons. The average molecular weight is 256 g/mol. The highest BCUT2D eigenvalue weighted by Gasteiger charge is 2.05. The summed E-state index contributed by atoms with van der Waals surface area (Å²) in [6.07, 6.45) is 0. The number of nitrogens with one attached hydrogen (secondary N) is 3. The Morgan fingerprint density at radius 3 is 2.78 bits per heavy atom. The van der Waals surface area contributed by atoms with Gasteiger partial charge in [-0.1, -0.05) is 12.0 Å². The van der Waals surface area contributed by atoms with Crippen molar-refractivity contribution >= 4 is 12.0 Å². The molecule has 0 saturated carbocycles. The van der Waals surface area contributed by atoms with E-state index in [0.29, 0.717) is 31.5 Å². The molecule has 1 rings (SSSR count). The molecule has 1 heterocycles. The molecule has 0 spiro atoms. The maximum Gasteiger partial charge on any atom is 0.316 e. The second kappa shape index (κ2) is 7.49. The maximum absolute atomic E-state index is 11.2. The predicted octanol–water partition coefficient (Wildman–Crippen LogP) is -0.138. The fraction of sp³-hybridized carbons (Fsp3) is 0.700. The highest BCUT2D eigenvalue weighted by atomic mass is 16.4. The van der Waals surface area contributed by atoms with Crippen molar-refractivity contribution in [1.29, 1.82) is 0 Å². The van der Waals surface area contributed by atoms with E-state index in [9.17, 15) is 4.79 Å². The lowest BCUT2D eigenvalue weighted by Gasteiger charge is -2.11. The van der Waals surface area contributed by atoms with Crippen LogP contribution in [0.15, 0.2) is 4.42 Å². The number of hydrogen-bond acceptors (Lipinski definition) is 6. The van der Waals surface area contributed by atoms with Gasteiger partial charge in [0.15, 0.2) is 0 Å². The predicted molar refractivity (Wildman–Crippen MR) is 67.3 cm³/mol. The van der Waals surface area contributed by atoms with Crippen molar-refractivity contribution in [1.82, 2.24) is 25.7 Å². The first-order valence-electron chi connectivity index (χ1n) is 5.85. The molecule has 0 radical (unpaired) electrons. The Bertz CT molecular complexity index is 365. The average Bonchev–Trinajstić information content (AvgIpc) is 2.79. The van der Waals surface area contributed by atoms with Crippen LogP contribution >= 0.6 is 0 Å². The summed E-state index contributed by atoms with van der Waals surface area (Å²) in [5, 5.41) is 16.4. The van der Waals surface area contributed by atoms with Crippen molar-refractivity contribution in [3.63, 3.8) is 0 Å².